The van der Waals surface area contributed by atoms with Gasteiger partial charge in [0.2, 0.25) is 0 Å². The second kappa shape index (κ2) is 4.66. The summed E-state index contributed by atoms with van der Waals surface area (Å²) in [7, 11) is 0. The van der Waals surface area contributed by atoms with Gasteiger partial charge >= 0.3 is 5.97 Å². The number of carboxylic acids is 1. The molecule has 2 aromatic rings. The number of H-pyrrole nitrogens is 1. The van der Waals surface area contributed by atoms with Gasteiger partial charge in [-0.05, 0) is 18.2 Å². The molecule has 18 heavy (non-hydrogen) atoms. The van der Waals surface area contributed by atoms with Crippen molar-refractivity contribution in [3.05, 3.63) is 47.5 Å². The lowest BCUT2D eigenvalue weighted by Crippen LogP contribution is -2.12. The van der Waals surface area contributed by atoms with E-state index in [0.29, 0.717) is 0 Å². The van der Waals surface area contributed by atoms with E-state index in [2.05, 4.69) is 15.5 Å². The highest BCUT2D eigenvalue weighted by Gasteiger charge is 2.13. The molecule has 0 aliphatic rings. The number of aromatic carboxylic acids is 1. The molecule has 6 nitrogen and oxygen atoms in total. The van der Waals surface area contributed by atoms with Gasteiger partial charge in [0.25, 0.3) is 5.91 Å². The first-order valence-corrected chi connectivity index (χ1v) is 4.91. The molecule has 0 spiro atoms. The van der Waals surface area contributed by atoms with E-state index in [1.807, 2.05) is 0 Å². The Morgan fingerprint density at radius 2 is 2.17 bits per heavy atom. The van der Waals surface area contributed by atoms with Crippen molar-refractivity contribution in [2.75, 3.05) is 5.32 Å². The van der Waals surface area contributed by atoms with Crippen LogP contribution in [0.2, 0.25) is 0 Å². The highest BCUT2D eigenvalue weighted by molar-refractivity contribution is 6.04. The number of hydrogen-bond donors (Lipinski definition) is 3. The lowest BCUT2D eigenvalue weighted by molar-refractivity contribution is 0.0691. The first-order chi connectivity index (χ1) is 8.58. The molecule has 7 heteroatoms. The molecule has 92 valence electrons. The minimum absolute atomic E-state index is 0.194. The van der Waals surface area contributed by atoms with Crippen LogP contribution in [0.3, 0.4) is 0 Å². The molecule has 0 unspecified atom stereocenters. The monoisotopic (exact) mass is 249 g/mol. The number of nitrogens with one attached hydrogen (secondary N) is 2. The number of nitrogens with zero attached hydrogens (tertiary/aromatic N) is 1. The molecule has 0 radical (unpaired) electrons. The molecule has 0 saturated carbocycles. The number of hydrogen-bond acceptors (Lipinski definition) is 3. The van der Waals surface area contributed by atoms with Gasteiger partial charge in [-0.1, -0.05) is 0 Å². The van der Waals surface area contributed by atoms with E-state index in [9.17, 15) is 14.0 Å². The maximum Gasteiger partial charge on any atom is 0.338 e. The third kappa shape index (κ3) is 2.34. The van der Waals surface area contributed by atoms with Gasteiger partial charge in [-0.25, -0.2) is 9.18 Å². The average molecular weight is 249 g/mol. The number of carboxylic acid groups (broad SMARTS) is 1. The molecular formula is C11H8FN3O3. The van der Waals surface area contributed by atoms with Crippen molar-refractivity contribution in [3.63, 3.8) is 0 Å². The largest absolute Gasteiger partial charge is 0.478 e. The molecule has 2 rings (SSSR count). The topological polar surface area (TPSA) is 95.1 Å². The molecule has 1 aromatic heterocycles. The Hall–Kier alpha value is -2.70. The lowest BCUT2D eigenvalue weighted by atomic mass is 10.2. The fraction of sp³-hybridized carbons (Fsp3) is 0. The average Bonchev–Trinajstić information content (AvgIpc) is 2.85. The zero-order valence-corrected chi connectivity index (χ0v) is 8.98. The van der Waals surface area contributed by atoms with Crippen LogP contribution in [-0.2, 0) is 0 Å². The van der Waals surface area contributed by atoms with Crippen LogP contribution in [0.4, 0.5) is 10.1 Å². The summed E-state index contributed by atoms with van der Waals surface area (Å²) in [5, 5.41) is 17.3. The summed E-state index contributed by atoms with van der Waals surface area (Å²) in [6.07, 6.45) is 2.70. The van der Waals surface area contributed by atoms with E-state index in [4.69, 9.17) is 5.11 Å². The quantitative estimate of drug-likeness (QED) is 0.768. The number of benzene rings is 1. The predicted octanol–water partition coefficient (Wildman–Crippen LogP) is 1.50. The molecule has 1 aromatic carbocycles. The second-order valence-corrected chi connectivity index (χ2v) is 3.44. The van der Waals surface area contributed by atoms with Gasteiger partial charge in [0, 0.05) is 11.9 Å². The molecule has 1 heterocycles. The van der Waals surface area contributed by atoms with Gasteiger partial charge < -0.3 is 10.4 Å². The highest BCUT2D eigenvalue weighted by atomic mass is 19.1. The van der Waals surface area contributed by atoms with Crippen LogP contribution < -0.4 is 5.32 Å². The van der Waals surface area contributed by atoms with Crippen molar-refractivity contribution in [1.82, 2.24) is 10.2 Å². The number of carbonyl (C=O) groups excluding carboxylic acids is 1. The zero-order valence-electron chi connectivity index (χ0n) is 8.98. The van der Waals surface area contributed by atoms with Crippen molar-refractivity contribution < 1.29 is 19.1 Å². The van der Waals surface area contributed by atoms with Crippen molar-refractivity contribution in [3.8, 4) is 0 Å². The van der Waals surface area contributed by atoms with Crippen LogP contribution in [0.25, 0.3) is 0 Å². The second-order valence-electron chi connectivity index (χ2n) is 3.44. The van der Waals surface area contributed by atoms with Gasteiger partial charge in [0.15, 0.2) is 0 Å². The summed E-state index contributed by atoms with van der Waals surface area (Å²) in [5.74, 6) is -2.72. The molecule has 0 aliphatic carbocycles. The maximum absolute atomic E-state index is 13.1. The van der Waals surface area contributed by atoms with Crippen LogP contribution >= 0.6 is 0 Å². The van der Waals surface area contributed by atoms with Crippen LogP contribution in [0.5, 0.6) is 0 Å². The van der Waals surface area contributed by atoms with Gasteiger partial charge in [-0.15, -0.1) is 0 Å². The normalized spacial score (nSPS) is 10.1. The Balaban J connectivity index is 2.22. The number of halogens is 1. The van der Waals surface area contributed by atoms with Crippen molar-refractivity contribution >= 4 is 17.6 Å². The standard InChI is InChI=1S/C11H8FN3O3/c12-9-2-1-7(3-8(9)11(17)18)15-10(16)6-4-13-14-5-6/h1-5H,(H,13,14)(H,15,16)(H,17,18). The third-order valence-corrected chi connectivity index (χ3v) is 2.22. The van der Waals surface area contributed by atoms with E-state index in [0.717, 1.165) is 12.1 Å². The molecule has 0 bridgehead atoms. The van der Waals surface area contributed by atoms with Crippen molar-refractivity contribution in [2.24, 2.45) is 0 Å². The van der Waals surface area contributed by atoms with E-state index < -0.39 is 23.3 Å². The Labute approximate surface area is 100 Å². The van der Waals surface area contributed by atoms with Gasteiger partial charge in [-0.3, -0.25) is 9.89 Å². The smallest absolute Gasteiger partial charge is 0.338 e. The number of rotatable bonds is 3. The van der Waals surface area contributed by atoms with Crippen molar-refractivity contribution in [2.45, 2.75) is 0 Å². The molecule has 0 saturated heterocycles. The Morgan fingerprint density at radius 3 is 2.78 bits per heavy atom. The number of aromatic nitrogens is 2. The number of amides is 1. The maximum atomic E-state index is 13.1. The number of anilines is 1. The molecular weight excluding hydrogens is 241 g/mol. The van der Waals surface area contributed by atoms with Crippen LogP contribution in [-0.4, -0.2) is 27.2 Å². The third-order valence-electron chi connectivity index (χ3n) is 2.22. The Bertz CT molecular complexity index is 596. The SMILES string of the molecule is O=C(Nc1ccc(F)c(C(=O)O)c1)c1cn[nH]c1. The molecule has 0 fully saturated rings. The van der Waals surface area contributed by atoms with Crippen LogP contribution in [0.1, 0.15) is 20.7 Å². The van der Waals surface area contributed by atoms with Gasteiger partial charge in [0.1, 0.15) is 5.82 Å². The lowest BCUT2D eigenvalue weighted by Gasteiger charge is -2.05. The fourth-order valence-electron chi connectivity index (χ4n) is 1.35. The molecule has 3 N–H and O–H groups in total. The summed E-state index contributed by atoms with van der Waals surface area (Å²) in [6, 6.07) is 3.31. The van der Waals surface area contributed by atoms with E-state index in [1.165, 1.54) is 18.5 Å². The van der Waals surface area contributed by atoms with Crippen molar-refractivity contribution in [1.29, 1.82) is 0 Å². The summed E-state index contributed by atoms with van der Waals surface area (Å²) in [4.78, 5) is 22.3. The zero-order chi connectivity index (χ0) is 13.1. The van der Waals surface area contributed by atoms with Gasteiger partial charge in [0.05, 0.1) is 17.3 Å². The number of carbonyl (C=O) groups is 2. The Morgan fingerprint density at radius 1 is 1.39 bits per heavy atom. The minimum Gasteiger partial charge on any atom is -0.478 e. The van der Waals surface area contributed by atoms with Gasteiger partial charge in [-0.2, -0.15) is 5.10 Å². The summed E-state index contributed by atoms with van der Waals surface area (Å²) in [6.45, 7) is 0. The number of aromatic amines is 1. The molecule has 0 atom stereocenters. The summed E-state index contributed by atoms with van der Waals surface area (Å²) >= 11 is 0. The first-order valence-electron chi connectivity index (χ1n) is 4.91. The van der Waals surface area contributed by atoms with E-state index in [1.54, 1.807) is 0 Å². The summed E-state index contributed by atoms with van der Waals surface area (Å²) < 4.78 is 13.1. The first kappa shape index (κ1) is 11.8. The minimum atomic E-state index is -1.40. The summed E-state index contributed by atoms with van der Waals surface area (Å²) in [5.41, 5.74) is -0.0174. The van der Waals surface area contributed by atoms with Crippen LogP contribution in [0.15, 0.2) is 30.6 Å². The predicted molar refractivity (Wildman–Crippen MR) is 59.9 cm³/mol. The van der Waals surface area contributed by atoms with Crippen LogP contribution in [0, 0.1) is 5.82 Å². The fourth-order valence-corrected chi connectivity index (χ4v) is 1.35. The molecule has 1 amide bonds. The Kier molecular flexibility index (Phi) is 3.05. The molecule has 0 aliphatic heterocycles. The van der Waals surface area contributed by atoms with E-state index in [-0.39, 0.29) is 11.3 Å². The van der Waals surface area contributed by atoms with E-state index >= 15 is 0 Å². The highest BCUT2D eigenvalue weighted by Crippen LogP contribution is 2.15.